The summed E-state index contributed by atoms with van der Waals surface area (Å²) in [4.78, 5) is 26.4. The van der Waals surface area contributed by atoms with Crippen LogP contribution in [-0.2, 0) is 25.4 Å². The van der Waals surface area contributed by atoms with Gasteiger partial charge in [0.25, 0.3) is 0 Å². The molecule has 0 unspecified atom stereocenters. The Bertz CT molecular complexity index is 872. The lowest BCUT2D eigenvalue weighted by Gasteiger charge is -2.21. The number of hydrogen-bond donors (Lipinski definition) is 0. The van der Waals surface area contributed by atoms with E-state index in [4.69, 9.17) is 23.7 Å². The van der Waals surface area contributed by atoms with Crippen LogP contribution >= 0.6 is 0 Å². The lowest BCUT2D eigenvalue weighted by Crippen LogP contribution is -2.27. The molecule has 1 fully saturated rings. The van der Waals surface area contributed by atoms with E-state index in [0.717, 1.165) is 23.9 Å². The van der Waals surface area contributed by atoms with E-state index in [1.807, 2.05) is 20.2 Å². The quantitative estimate of drug-likeness (QED) is 0.499. The highest BCUT2D eigenvalue weighted by atomic mass is 16.8. The van der Waals surface area contributed by atoms with Gasteiger partial charge in [-0.25, -0.2) is 9.59 Å². The van der Waals surface area contributed by atoms with E-state index < -0.39 is 19.0 Å². The molecule has 1 aromatic carbocycles. The van der Waals surface area contributed by atoms with Crippen LogP contribution in [0.5, 0.6) is 5.75 Å². The number of nitrogens with zero attached hydrogens (tertiary/aromatic N) is 2. The Morgan fingerprint density at radius 3 is 2.67 bits per heavy atom. The Morgan fingerprint density at radius 1 is 1.20 bits per heavy atom. The maximum absolute atomic E-state index is 12.6. The fourth-order valence-electron chi connectivity index (χ4n) is 3.26. The molecule has 0 N–H and O–H groups in total. The number of hydrogen-bond acceptors (Lipinski definition) is 8. The molecule has 0 radical (unpaired) electrons. The zero-order valence-electron chi connectivity index (χ0n) is 17.6. The minimum atomic E-state index is -0.858. The summed E-state index contributed by atoms with van der Waals surface area (Å²) < 4.78 is 27.1. The summed E-state index contributed by atoms with van der Waals surface area (Å²) in [6, 6.07) is 5.48. The van der Waals surface area contributed by atoms with Gasteiger partial charge in [0, 0.05) is 31.0 Å². The highest BCUT2D eigenvalue weighted by Crippen LogP contribution is 2.27. The largest absolute Gasteiger partial charge is 0.511 e. The second kappa shape index (κ2) is 10.3. The third kappa shape index (κ3) is 5.64. The van der Waals surface area contributed by atoms with E-state index in [2.05, 4.69) is 4.90 Å². The number of carbonyl (C=O) groups is 2. The zero-order chi connectivity index (χ0) is 21.5. The molecule has 1 aliphatic heterocycles. The molecule has 1 aliphatic rings. The standard InChI is InChI=1S/C21H28N2O7/c1-22(2)9-6-15-13-23(19-5-4-17(26-3)12-18(15)19)20(24)28-14-29-21(25)30-16-7-10-27-11-8-16/h4-5,12-13,16H,6-11,14H2,1-3H3. The van der Waals surface area contributed by atoms with Crippen LogP contribution in [0.3, 0.4) is 0 Å². The Morgan fingerprint density at radius 2 is 1.97 bits per heavy atom. The molecule has 2 aromatic rings. The number of ether oxygens (including phenoxy) is 5. The van der Waals surface area contributed by atoms with Gasteiger partial charge in [0.1, 0.15) is 11.9 Å². The van der Waals surface area contributed by atoms with Gasteiger partial charge in [-0.15, -0.1) is 0 Å². The second-order valence-corrected chi connectivity index (χ2v) is 7.31. The van der Waals surface area contributed by atoms with Crippen LogP contribution in [0.4, 0.5) is 9.59 Å². The molecular weight excluding hydrogens is 392 g/mol. The molecule has 164 valence electrons. The number of fused-ring (bicyclic) bond motifs is 1. The molecule has 2 heterocycles. The summed E-state index contributed by atoms with van der Waals surface area (Å²) >= 11 is 0. The normalized spacial score (nSPS) is 14.7. The first-order valence-corrected chi connectivity index (χ1v) is 9.89. The van der Waals surface area contributed by atoms with Crippen molar-refractivity contribution in [2.45, 2.75) is 25.4 Å². The van der Waals surface area contributed by atoms with Crippen molar-refractivity contribution in [3.63, 3.8) is 0 Å². The lowest BCUT2D eigenvalue weighted by molar-refractivity contribution is -0.0530. The van der Waals surface area contributed by atoms with Gasteiger partial charge in [-0.3, -0.25) is 4.57 Å². The van der Waals surface area contributed by atoms with E-state index in [0.29, 0.717) is 37.3 Å². The number of aromatic nitrogens is 1. The second-order valence-electron chi connectivity index (χ2n) is 7.31. The first-order chi connectivity index (χ1) is 14.5. The van der Waals surface area contributed by atoms with Gasteiger partial charge in [0.05, 0.1) is 25.8 Å². The Balaban J connectivity index is 1.63. The predicted molar refractivity (Wildman–Crippen MR) is 109 cm³/mol. The van der Waals surface area contributed by atoms with Crippen molar-refractivity contribution in [2.24, 2.45) is 0 Å². The molecule has 9 heteroatoms. The molecule has 9 nitrogen and oxygen atoms in total. The van der Waals surface area contributed by atoms with Crippen LogP contribution in [-0.4, -0.2) is 75.6 Å². The molecule has 1 saturated heterocycles. The average molecular weight is 420 g/mol. The minimum Gasteiger partial charge on any atom is -0.497 e. The highest BCUT2D eigenvalue weighted by Gasteiger charge is 2.20. The van der Waals surface area contributed by atoms with Crippen LogP contribution in [0.25, 0.3) is 10.9 Å². The van der Waals surface area contributed by atoms with Crippen molar-refractivity contribution in [1.29, 1.82) is 0 Å². The van der Waals surface area contributed by atoms with Crippen molar-refractivity contribution in [3.05, 3.63) is 30.0 Å². The van der Waals surface area contributed by atoms with E-state index >= 15 is 0 Å². The zero-order valence-corrected chi connectivity index (χ0v) is 17.6. The topological polar surface area (TPSA) is 88.5 Å². The van der Waals surface area contributed by atoms with Crippen molar-refractivity contribution in [1.82, 2.24) is 9.47 Å². The van der Waals surface area contributed by atoms with Crippen LogP contribution in [0.2, 0.25) is 0 Å². The molecule has 30 heavy (non-hydrogen) atoms. The molecule has 0 bridgehead atoms. The summed E-state index contributed by atoms with van der Waals surface area (Å²) in [7, 11) is 5.58. The van der Waals surface area contributed by atoms with Crippen molar-refractivity contribution >= 4 is 23.2 Å². The van der Waals surface area contributed by atoms with Crippen molar-refractivity contribution in [2.75, 3.05) is 47.8 Å². The molecule has 0 spiro atoms. The fourth-order valence-corrected chi connectivity index (χ4v) is 3.26. The van der Waals surface area contributed by atoms with E-state index in [1.165, 1.54) is 4.57 Å². The third-order valence-corrected chi connectivity index (χ3v) is 4.91. The fraction of sp³-hybridized carbons (Fsp3) is 0.524. The monoisotopic (exact) mass is 420 g/mol. The van der Waals surface area contributed by atoms with Gasteiger partial charge in [0.15, 0.2) is 0 Å². The average Bonchev–Trinajstić information content (AvgIpc) is 3.10. The molecule has 3 rings (SSSR count). The summed E-state index contributed by atoms with van der Waals surface area (Å²) in [5.41, 5.74) is 1.69. The first kappa shape index (κ1) is 21.9. The third-order valence-electron chi connectivity index (χ3n) is 4.91. The Kier molecular flexibility index (Phi) is 7.53. The molecule has 0 atom stereocenters. The number of carbonyl (C=O) groups excluding carboxylic acids is 2. The smallest absolute Gasteiger partial charge is 0.497 e. The molecule has 0 amide bonds. The van der Waals surface area contributed by atoms with Gasteiger partial charge in [0.2, 0.25) is 6.79 Å². The molecule has 1 aromatic heterocycles. The van der Waals surface area contributed by atoms with Crippen molar-refractivity contribution < 1.29 is 33.3 Å². The van der Waals surface area contributed by atoms with E-state index in [9.17, 15) is 9.59 Å². The number of methoxy groups -OCH3 is 1. The maximum atomic E-state index is 12.6. The van der Waals surface area contributed by atoms with Crippen molar-refractivity contribution in [3.8, 4) is 5.75 Å². The lowest BCUT2D eigenvalue weighted by atomic mass is 10.1. The Hall–Kier alpha value is -2.78. The summed E-state index contributed by atoms with van der Waals surface area (Å²) in [6.07, 6.45) is 2.03. The van der Waals surface area contributed by atoms with Gasteiger partial charge >= 0.3 is 12.2 Å². The van der Waals surface area contributed by atoms with Crippen LogP contribution < -0.4 is 4.74 Å². The predicted octanol–water partition coefficient (Wildman–Crippen LogP) is 3.03. The summed E-state index contributed by atoms with van der Waals surface area (Å²) in [6.45, 7) is 1.40. The number of benzene rings is 1. The Labute approximate surface area is 175 Å². The summed E-state index contributed by atoms with van der Waals surface area (Å²) in [5.74, 6) is 0.707. The number of rotatable bonds is 7. The molecule has 0 aliphatic carbocycles. The summed E-state index contributed by atoms with van der Waals surface area (Å²) in [5, 5.41) is 0.910. The minimum absolute atomic E-state index is 0.232. The van der Waals surface area contributed by atoms with Gasteiger partial charge in [-0.2, -0.15) is 0 Å². The van der Waals surface area contributed by atoms with Crippen LogP contribution in [0, 0.1) is 0 Å². The molecule has 0 saturated carbocycles. The van der Waals surface area contributed by atoms with E-state index in [-0.39, 0.29) is 6.10 Å². The van der Waals surface area contributed by atoms with Crippen LogP contribution in [0.1, 0.15) is 18.4 Å². The maximum Gasteiger partial charge on any atom is 0.511 e. The van der Waals surface area contributed by atoms with Gasteiger partial charge in [-0.1, -0.05) is 0 Å². The first-order valence-electron chi connectivity index (χ1n) is 9.89. The number of likely N-dealkylation sites (N-methyl/N-ethyl adjacent to an activating group) is 1. The molecular formula is C21H28N2O7. The SMILES string of the molecule is COc1ccc2c(c1)c(CCN(C)C)cn2C(=O)OCOC(=O)OC1CCOCC1. The van der Waals surface area contributed by atoms with Gasteiger partial charge < -0.3 is 28.6 Å². The van der Waals surface area contributed by atoms with E-state index in [1.54, 1.807) is 25.4 Å². The van der Waals surface area contributed by atoms with Crippen LogP contribution in [0.15, 0.2) is 24.4 Å². The van der Waals surface area contributed by atoms with Gasteiger partial charge in [-0.05, 0) is 44.3 Å². The highest BCUT2D eigenvalue weighted by molar-refractivity contribution is 5.92.